The van der Waals surface area contributed by atoms with Crippen LogP contribution in [0.25, 0.3) is 0 Å². The van der Waals surface area contributed by atoms with Crippen molar-refractivity contribution < 1.29 is 29.3 Å². The minimum Gasteiger partial charge on any atom is -0.391 e. The SMILES string of the molecule is CCC(O)OC1(C(=O)COC)C(C)CC2C3CCC4=CC(=O)C=CC4(C)C3(Cl)C(O)CC21C. The van der Waals surface area contributed by atoms with Crippen molar-refractivity contribution in [3.63, 3.8) is 0 Å². The Kier molecular flexibility index (Phi) is 6.28. The van der Waals surface area contributed by atoms with Crippen molar-refractivity contribution in [3.05, 3.63) is 23.8 Å². The minimum absolute atomic E-state index is 0.00247. The molecule has 9 atom stereocenters. The summed E-state index contributed by atoms with van der Waals surface area (Å²) in [6.45, 7) is 7.73. The summed E-state index contributed by atoms with van der Waals surface area (Å²) in [5.41, 5.74) is -1.69. The molecule has 184 valence electrons. The highest BCUT2D eigenvalue weighted by Crippen LogP contribution is 2.72. The van der Waals surface area contributed by atoms with E-state index >= 15 is 0 Å². The maximum atomic E-state index is 13.6. The monoisotopic (exact) mass is 480 g/mol. The van der Waals surface area contributed by atoms with Crippen molar-refractivity contribution >= 4 is 23.2 Å². The standard InChI is InChI=1S/C26H37ClO6/c1-6-22(31)33-26(21(30)14-32-5)15(2)11-19-18-8-7-16-12-17(28)9-10-23(16,3)25(18,27)20(29)13-24(19,26)4/h9-10,12,15,18-20,22,29,31H,6-8,11,13-14H2,1-5H3. The van der Waals surface area contributed by atoms with E-state index in [9.17, 15) is 19.8 Å². The number of hydrogen-bond acceptors (Lipinski definition) is 6. The lowest BCUT2D eigenvalue weighted by Crippen LogP contribution is -2.69. The zero-order valence-corrected chi connectivity index (χ0v) is 21.0. The predicted octanol–water partition coefficient (Wildman–Crippen LogP) is 3.57. The third-order valence-corrected chi connectivity index (χ3v) is 10.5. The molecule has 0 saturated heterocycles. The van der Waals surface area contributed by atoms with E-state index in [0.29, 0.717) is 12.8 Å². The zero-order valence-electron chi connectivity index (χ0n) is 20.3. The Morgan fingerprint density at radius 3 is 2.67 bits per heavy atom. The molecule has 0 spiro atoms. The van der Waals surface area contributed by atoms with Gasteiger partial charge in [0.2, 0.25) is 0 Å². The van der Waals surface area contributed by atoms with Gasteiger partial charge in [0.15, 0.2) is 17.9 Å². The van der Waals surface area contributed by atoms with E-state index in [4.69, 9.17) is 21.1 Å². The van der Waals surface area contributed by atoms with Gasteiger partial charge in [-0.1, -0.05) is 39.3 Å². The van der Waals surface area contributed by atoms with Gasteiger partial charge in [-0.25, -0.2) is 0 Å². The quantitative estimate of drug-likeness (QED) is 0.446. The maximum absolute atomic E-state index is 13.6. The number of aliphatic hydroxyl groups excluding tert-OH is 2. The van der Waals surface area contributed by atoms with Crippen LogP contribution in [0.3, 0.4) is 0 Å². The summed E-state index contributed by atoms with van der Waals surface area (Å²) >= 11 is 7.48. The summed E-state index contributed by atoms with van der Waals surface area (Å²) in [5.74, 6) is -0.514. The molecule has 0 aromatic carbocycles. The number of halogens is 1. The third-order valence-electron chi connectivity index (χ3n) is 9.54. The van der Waals surface area contributed by atoms with Crippen molar-refractivity contribution in [2.75, 3.05) is 13.7 Å². The molecule has 0 aromatic heterocycles. The van der Waals surface area contributed by atoms with Crippen LogP contribution < -0.4 is 0 Å². The van der Waals surface area contributed by atoms with Crippen LogP contribution in [0.5, 0.6) is 0 Å². The Morgan fingerprint density at radius 1 is 1.33 bits per heavy atom. The molecule has 3 saturated carbocycles. The first-order chi connectivity index (χ1) is 15.4. The van der Waals surface area contributed by atoms with Gasteiger partial charge in [0.05, 0.1) is 11.0 Å². The van der Waals surface area contributed by atoms with Crippen LogP contribution >= 0.6 is 11.6 Å². The summed E-state index contributed by atoms with van der Waals surface area (Å²) in [7, 11) is 1.48. The number of carbonyl (C=O) groups excluding carboxylic acids is 2. The molecule has 0 radical (unpaired) electrons. The molecule has 9 unspecified atom stereocenters. The molecule has 0 aliphatic heterocycles. The number of Topliss-reactive ketones (excluding diaryl/α,β-unsaturated/α-hetero) is 1. The number of methoxy groups -OCH3 is 1. The lowest BCUT2D eigenvalue weighted by atomic mass is 9.45. The van der Waals surface area contributed by atoms with Crippen molar-refractivity contribution in [1.29, 1.82) is 0 Å². The summed E-state index contributed by atoms with van der Waals surface area (Å²) in [6, 6.07) is 0. The first-order valence-corrected chi connectivity index (χ1v) is 12.5. The Labute approximate surface area is 201 Å². The molecule has 0 aromatic rings. The van der Waals surface area contributed by atoms with Gasteiger partial charge in [0.25, 0.3) is 0 Å². The number of hydrogen-bond donors (Lipinski definition) is 2. The van der Waals surface area contributed by atoms with Crippen molar-refractivity contribution in [2.45, 2.75) is 82.7 Å². The number of alkyl halides is 1. The average molecular weight is 481 g/mol. The molecule has 7 heteroatoms. The smallest absolute Gasteiger partial charge is 0.191 e. The number of ketones is 2. The molecule has 4 rings (SSSR count). The lowest BCUT2D eigenvalue weighted by Gasteiger charge is -2.64. The van der Waals surface area contributed by atoms with Crippen LogP contribution in [0.4, 0.5) is 0 Å². The van der Waals surface area contributed by atoms with Crippen LogP contribution in [-0.2, 0) is 19.1 Å². The molecule has 4 aliphatic rings. The van der Waals surface area contributed by atoms with E-state index in [-0.39, 0.29) is 42.3 Å². The van der Waals surface area contributed by atoms with Gasteiger partial charge in [-0.3, -0.25) is 9.59 Å². The molecule has 33 heavy (non-hydrogen) atoms. The predicted molar refractivity (Wildman–Crippen MR) is 125 cm³/mol. The second kappa shape index (κ2) is 8.27. The van der Waals surface area contributed by atoms with Gasteiger partial charge < -0.3 is 19.7 Å². The fourth-order valence-electron chi connectivity index (χ4n) is 7.98. The van der Waals surface area contributed by atoms with Crippen LogP contribution in [0, 0.1) is 28.6 Å². The highest BCUT2D eigenvalue weighted by molar-refractivity contribution is 6.26. The number of carbonyl (C=O) groups is 2. The number of fused-ring (bicyclic) bond motifs is 5. The Morgan fingerprint density at radius 2 is 2.03 bits per heavy atom. The molecule has 4 aliphatic carbocycles. The Hall–Kier alpha value is -1.05. The van der Waals surface area contributed by atoms with Crippen LogP contribution in [0.1, 0.15) is 59.8 Å². The van der Waals surface area contributed by atoms with E-state index in [2.05, 4.69) is 0 Å². The van der Waals surface area contributed by atoms with Gasteiger partial charge in [-0.05, 0) is 62.0 Å². The van der Waals surface area contributed by atoms with Crippen molar-refractivity contribution in [2.24, 2.45) is 28.6 Å². The van der Waals surface area contributed by atoms with Gasteiger partial charge in [-0.15, -0.1) is 11.6 Å². The zero-order chi connectivity index (χ0) is 24.4. The Balaban J connectivity index is 1.83. The second-order valence-electron chi connectivity index (χ2n) is 11.0. The molecule has 3 fully saturated rings. The van der Waals surface area contributed by atoms with Gasteiger partial charge in [-0.2, -0.15) is 0 Å². The molecule has 0 bridgehead atoms. The maximum Gasteiger partial charge on any atom is 0.191 e. The topological polar surface area (TPSA) is 93.1 Å². The van der Waals surface area contributed by atoms with Crippen LogP contribution in [0.2, 0.25) is 0 Å². The molecular weight excluding hydrogens is 444 g/mol. The van der Waals surface area contributed by atoms with Crippen LogP contribution in [0.15, 0.2) is 23.8 Å². The lowest BCUT2D eigenvalue weighted by molar-refractivity contribution is -0.247. The summed E-state index contributed by atoms with van der Waals surface area (Å²) in [4.78, 5) is 24.7. The average Bonchev–Trinajstić information content (AvgIpc) is 2.97. The van der Waals surface area contributed by atoms with E-state index in [0.717, 1.165) is 18.4 Å². The fraction of sp³-hybridized carbons (Fsp3) is 0.769. The highest BCUT2D eigenvalue weighted by Gasteiger charge is 2.75. The van der Waals surface area contributed by atoms with Gasteiger partial charge in [0, 0.05) is 17.9 Å². The largest absolute Gasteiger partial charge is 0.391 e. The van der Waals surface area contributed by atoms with Crippen LogP contribution in [-0.4, -0.2) is 58.4 Å². The van der Waals surface area contributed by atoms with E-state index in [1.165, 1.54) is 7.11 Å². The van der Waals surface area contributed by atoms with E-state index in [1.807, 2.05) is 33.8 Å². The molecule has 2 N–H and O–H groups in total. The number of rotatable bonds is 6. The van der Waals surface area contributed by atoms with Gasteiger partial charge >= 0.3 is 0 Å². The third kappa shape index (κ3) is 3.14. The first kappa shape index (κ1) is 25.1. The summed E-state index contributed by atoms with van der Waals surface area (Å²) < 4.78 is 11.5. The fourth-order valence-corrected chi connectivity index (χ4v) is 8.50. The highest BCUT2D eigenvalue weighted by atomic mass is 35.5. The Bertz CT molecular complexity index is 899. The second-order valence-corrected chi connectivity index (χ2v) is 11.6. The van der Waals surface area contributed by atoms with Gasteiger partial charge in [0.1, 0.15) is 12.2 Å². The first-order valence-electron chi connectivity index (χ1n) is 12.1. The number of allylic oxidation sites excluding steroid dienone is 4. The normalized spacial score (nSPS) is 47.4. The summed E-state index contributed by atoms with van der Waals surface area (Å²) in [5, 5.41) is 22.3. The van der Waals surface area contributed by atoms with E-state index in [1.54, 1.807) is 12.2 Å². The molecule has 0 amide bonds. The van der Waals surface area contributed by atoms with Crippen molar-refractivity contribution in [1.82, 2.24) is 0 Å². The number of aliphatic hydroxyl groups is 2. The van der Waals surface area contributed by atoms with Crippen molar-refractivity contribution in [3.8, 4) is 0 Å². The molecular formula is C26H37ClO6. The minimum atomic E-state index is -1.28. The van der Waals surface area contributed by atoms with E-state index < -0.39 is 33.7 Å². The number of ether oxygens (including phenoxy) is 2. The molecule has 6 nitrogen and oxygen atoms in total. The molecule has 0 heterocycles. The summed E-state index contributed by atoms with van der Waals surface area (Å²) in [6.07, 6.45) is 5.84.